The standard InChI is InChI=1S/C9H12O3.C4H6O2/c1-7(10)9(11)12-8-5-3-2-4-6-8;1-3(2)4(5)6/h2-7,9-11H,1H3;1H2,2H3,(H,5,6). The molecule has 2 atom stereocenters. The van der Waals surface area contributed by atoms with Gasteiger partial charge in [-0.05, 0) is 26.0 Å². The number of aliphatic hydroxyl groups is 2. The maximum Gasteiger partial charge on any atom is 0.330 e. The van der Waals surface area contributed by atoms with Crippen LogP contribution in [0.5, 0.6) is 5.75 Å². The van der Waals surface area contributed by atoms with Gasteiger partial charge in [-0.3, -0.25) is 0 Å². The first-order chi connectivity index (χ1) is 8.34. The molecule has 0 aliphatic carbocycles. The van der Waals surface area contributed by atoms with E-state index in [-0.39, 0.29) is 5.57 Å². The molecule has 0 aliphatic heterocycles. The number of carboxylic acid groups (broad SMARTS) is 1. The Morgan fingerprint density at radius 3 is 2.06 bits per heavy atom. The summed E-state index contributed by atoms with van der Waals surface area (Å²) < 4.78 is 4.98. The molecule has 1 aromatic carbocycles. The minimum atomic E-state index is -1.16. The quantitative estimate of drug-likeness (QED) is 0.558. The number of carboxylic acids is 1. The molecule has 0 radical (unpaired) electrons. The monoisotopic (exact) mass is 254 g/mol. The van der Waals surface area contributed by atoms with Gasteiger partial charge in [-0.2, -0.15) is 0 Å². The smallest absolute Gasteiger partial charge is 0.330 e. The van der Waals surface area contributed by atoms with Gasteiger partial charge in [0, 0.05) is 5.57 Å². The van der Waals surface area contributed by atoms with Crippen LogP contribution in [0.2, 0.25) is 0 Å². The second kappa shape index (κ2) is 8.27. The van der Waals surface area contributed by atoms with Crippen molar-refractivity contribution in [1.29, 1.82) is 0 Å². The first kappa shape index (κ1) is 16.1. The predicted octanol–water partition coefficient (Wildman–Crippen LogP) is 1.41. The van der Waals surface area contributed by atoms with Crippen molar-refractivity contribution in [1.82, 2.24) is 0 Å². The van der Waals surface area contributed by atoms with Gasteiger partial charge in [-0.1, -0.05) is 24.8 Å². The number of carbonyl (C=O) groups is 1. The molecule has 2 unspecified atom stereocenters. The zero-order valence-electron chi connectivity index (χ0n) is 10.4. The topological polar surface area (TPSA) is 87.0 Å². The number of rotatable bonds is 4. The van der Waals surface area contributed by atoms with E-state index >= 15 is 0 Å². The van der Waals surface area contributed by atoms with Gasteiger partial charge in [0.25, 0.3) is 0 Å². The number of aliphatic hydroxyl groups excluding tert-OH is 2. The maximum absolute atomic E-state index is 9.60. The minimum absolute atomic E-state index is 0.176. The highest BCUT2D eigenvalue weighted by Gasteiger charge is 2.11. The summed E-state index contributed by atoms with van der Waals surface area (Å²) in [6.07, 6.45) is -2.04. The third-order valence-electron chi connectivity index (χ3n) is 1.78. The summed E-state index contributed by atoms with van der Waals surface area (Å²) in [4.78, 5) is 9.60. The number of hydrogen-bond acceptors (Lipinski definition) is 4. The number of hydrogen-bond donors (Lipinski definition) is 3. The van der Waals surface area contributed by atoms with Crippen LogP contribution in [0.25, 0.3) is 0 Å². The van der Waals surface area contributed by atoms with Gasteiger partial charge in [0.1, 0.15) is 11.9 Å². The van der Waals surface area contributed by atoms with Crippen molar-refractivity contribution in [3.05, 3.63) is 42.5 Å². The number of aliphatic carboxylic acids is 1. The molecular weight excluding hydrogens is 236 g/mol. The number of ether oxygens (including phenoxy) is 1. The molecule has 100 valence electrons. The molecule has 0 spiro atoms. The van der Waals surface area contributed by atoms with E-state index in [1.807, 2.05) is 6.07 Å². The van der Waals surface area contributed by atoms with Crippen molar-refractivity contribution in [2.24, 2.45) is 0 Å². The van der Waals surface area contributed by atoms with E-state index in [0.29, 0.717) is 5.75 Å². The van der Waals surface area contributed by atoms with Crippen LogP contribution in [-0.2, 0) is 4.79 Å². The molecule has 1 rings (SSSR count). The Kier molecular flexibility index (Phi) is 7.42. The van der Waals surface area contributed by atoms with Crippen molar-refractivity contribution in [3.63, 3.8) is 0 Å². The Hall–Kier alpha value is -1.85. The van der Waals surface area contributed by atoms with Crippen LogP contribution in [0.15, 0.2) is 42.5 Å². The normalized spacial score (nSPS) is 12.7. The first-order valence-corrected chi connectivity index (χ1v) is 5.31. The average Bonchev–Trinajstić information content (AvgIpc) is 2.30. The molecule has 0 aliphatic rings. The summed E-state index contributed by atoms with van der Waals surface area (Å²) >= 11 is 0. The Bertz CT molecular complexity index is 360. The number of para-hydroxylation sites is 1. The van der Waals surface area contributed by atoms with Gasteiger partial charge in [0.2, 0.25) is 6.29 Å². The molecule has 0 saturated heterocycles. The summed E-state index contributed by atoms with van der Waals surface area (Å²) in [7, 11) is 0. The van der Waals surface area contributed by atoms with Gasteiger partial charge in [0.15, 0.2) is 0 Å². The van der Waals surface area contributed by atoms with Crippen LogP contribution in [0.3, 0.4) is 0 Å². The third kappa shape index (κ3) is 7.43. The van der Waals surface area contributed by atoms with Crippen molar-refractivity contribution in [3.8, 4) is 5.75 Å². The molecule has 0 aromatic heterocycles. The van der Waals surface area contributed by atoms with Crippen LogP contribution < -0.4 is 4.74 Å². The first-order valence-electron chi connectivity index (χ1n) is 5.31. The second-order valence-corrected chi connectivity index (χ2v) is 3.65. The molecule has 0 saturated carbocycles. The summed E-state index contributed by atoms with van der Waals surface area (Å²) in [5.74, 6) is -0.388. The Morgan fingerprint density at radius 1 is 1.28 bits per heavy atom. The lowest BCUT2D eigenvalue weighted by atomic mass is 10.3. The molecule has 1 aromatic rings. The van der Waals surface area contributed by atoms with Gasteiger partial charge in [-0.15, -0.1) is 0 Å². The Balaban J connectivity index is 0.000000411. The highest BCUT2D eigenvalue weighted by Crippen LogP contribution is 2.10. The van der Waals surface area contributed by atoms with Crippen molar-refractivity contribution >= 4 is 5.97 Å². The molecule has 3 N–H and O–H groups in total. The zero-order chi connectivity index (χ0) is 14.1. The van der Waals surface area contributed by atoms with Gasteiger partial charge in [0.05, 0.1) is 0 Å². The van der Waals surface area contributed by atoms with Crippen molar-refractivity contribution < 1.29 is 24.9 Å². The summed E-state index contributed by atoms with van der Waals surface area (Å²) in [5.41, 5.74) is 0.176. The van der Waals surface area contributed by atoms with E-state index < -0.39 is 18.4 Å². The Morgan fingerprint density at radius 2 is 1.72 bits per heavy atom. The summed E-state index contributed by atoms with van der Waals surface area (Å²) in [5, 5.41) is 25.9. The third-order valence-corrected chi connectivity index (χ3v) is 1.78. The molecule has 5 nitrogen and oxygen atoms in total. The van der Waals surface area contributed by atoms with Gasteiger partial charge in [-0.25, -0.2) is 4.79 Å². The Labute approximate surface area is 106 Å². The van der Waals surface area contributed by atoms with Gasteiger partial charge < -0.3 is 20.1 Å². The van der Waals surface area contributed by atoms with E-state index in [9.17, 15) is 4.79 Å². The van der Waals surface area contributed by atoms with Crippen LogP contribution in [0, 0.1) is 0 Å². The fourth-order valence-corrected chi connectivity index (χ4v) is 0.737. The van der Waals surface area contributed by atoms with Crippen LogP contribution in [-0.4, -0.2) is 33.7 Å². The minimum Gasteiger partial charge on any atom is -0.478 e. The lowest BCUT2D eigenvalue weighted by molar-refractivity contribution is -0.132. The molecular formula is C13H18O5. The SMILES string of the molecule is C=C(C)C(=O)O.CC(O)C(O)Oc1ccccc1. The summed E-state index contributed by atoms with van der Waals surface area (Å²) in [6, 6.07) is 8.87. The number of benzene rings is 1. The lowest BCUT2D eigenvalue weighted by Gasteiger charge is -2.15. The van der Waals surface area contributed by atoms with E-state index in [4.69, 9.17) is 20.1 Å². The van der Waals surface area contributed by atoms with Crippen LogP contribution >= 0.6 is 0 Å². The average molecular weight is 254 g/mol. The second-order valence-electron chi connectivity index (χ2n) is 3.65. The molecule has 0 fully saturated rings. The fourth-order valence-electron chi connectivity index (χ4n) is 0.737. The van der Waals surface area contributed by atoms with Gasteiger partial charge >= 0.3 is 5.97 Å². The highest BCUT2D eigenvalue weighted by molar-refractivity contribution is 5.84. The van der Waals surface area contributed by atoms with E-state index in [1.165, 1.54) is 13.8 Å². The summed E-state index contributed by atoms with van der Waals surface area (Å²) in [6.45, 7) is 6.07. The van der Waals surface area contributed by atoms with Crippen molar-refractivity contribution in [2.75, 3.05) is 0 Å². The maximum atomic E-state index is 9.60. The van der Waals surface area contributed by atoms with E-state index in [2.05, 4.69) is 6.58 Å². The lowest BCUT2D eigenvalue weighted by Crippen LogP contribution is -2.28. The van der Waals surface area contributed by atoms with E-state index in [1.54, 1.807) is 24.3 Å². The largest absolute Gasteiger partial charge is 0.478 e. The molecule has 18 heavy (non-hydrogen) atoms. The molecule has 0 amide bonds. The molecule has 0 heterocycles. The highest BCUT2D eigenvalue weighted by atomic mass is 16.6. The molecule has 5 heteroatoms. The molecule has 0 bridgehead atoms. The fraction of sp³-hybridized carbons (Fsp3) is 0.308. The van der Waals surface area contributed by atoms with Crippen LogP contribution in [0.4, 0.5) is 0 Å². The zero-order valence-corrected chi connectivity index (χ0v) is 10.4. The van der Waals surface area contributed by atoms with E-state index in [0.717, 1.165) is 0 Å². The predicted molar refractivity (Wildman–Crippen MR) is 67.2 cm³/mol. The van der Waals surface area contributed by atoms with Crippen molar-refractivity contribution in [2.45, 2.75) is 26.2 Å². The van der Waals surface area contributed by atoms with Crippen LogP contribution in [0.1, 0.15) is 13.8 Å².